The summed E-state index contributed by atoms with van der Waals surface area (Å²) in [5.74, 6) is 0.449. The third-order valence-corrected chi connectivity index (χ3v) is 3.40. The molecule has 1 saturated heterocycles. The maximum Gasteiger partial charge on any atom is 0.389 e. The van der Waals surface area contributed by atoms with E-state index in [9.17, 15) is 13.2 Å². The number of likely N-dealkylation sites (tertiary alicyclic amines) is 1. The lowest BCUT2D eigenvalue weighted by atomic mass is 10.1. The van der Waals surface area contributed by atoms with Gasteiger partial charge in [-0.25, -0.2) is 0 Å². The number of hydrogen-bond acceptors (Lipinski definition) is 2. The Labute approximate surface area is 95.0 Å². The number of rotatable bonds is 4. The van der Waals surface area contributed by atoms with Crippen molar-refractivity contribution >= 4 is 0 Å². The summed E-state index contributed by atoms with van der Waals surface area (Å²) in [5, 5.41) is 0. The third kappa shape index (κ3) is 4.29. The zero-order valence-corrected chi connectivity index (χ0v) is 9.93. The van der Waals surface area contributed by atoms with E-state index in [-0.39, 0.29) is 18.5 Å². The summed E-state index contributed by atoms with van der Waals surface area (Å²) < 4.78 is 35.9. The standard InChI is InChI=1S/C11H21F3N2/c1-8-6-16(7-10(8)15)9(2)4-3-5-11(12,13)14/h8-10H,3-7,15H2,1-2H3. The van der Waals surface area contributed by atoms with Crippen molar-refractivity contribution in [1.82, 2.24) is 4.90 Å². The predicted molar refractivity (Wildman–Crippen MR) is 58.1 cm³/mol. The molecule has 1 fully saturated rings. The normalized spacial score (nSPS) is 29.6. The molecular formula is C11H21F3N2. The van der Waals surface area contributed by atoms with E-state index in [1.54, 1.807) is 0 Å². The minimum atomic E-state index is -4.02. The van der Waals surface area contributed by atoms with Crippen molar-refractivity contribution in [3.05, 3.63) is 0 Å². The topological polar surface area (TPSA) is 29.3 Å². The van der Waals surface area contributed by atoms with Crippen molar-refractivity contribution in [3.63, 3.8) is 0 Å². The van der Waals surface area contributed by atoms with Crippen LogP contribution in [-0.2, 0) is 0 Å². The van der Waals surface area contributed by atoms with Gasteiger partial charge < -0.3 is 5.73 Å². The lowest BCUT2D eigenvalue weighted by molar-refractivity contribution is -0.136. The Balaban J connectivity index is 2.23. The van der Waals surface area contributed by atoms with Crippen LogP contribution in [0.3, 0.4) is 0 Å². The minimum Gasteiger partial charge on any atom is -0.326 e. The first kappa shape index (κ1) is 13.8. The molecule has 0 aromatic heterocycles. The van der Waals surface area contributed by atoms with Gasteiger partial charge in [0, 0.05) is 31.6 Å². The number of halogens is 3. The fourth-order valence-corrected chi connectivity index (χ4v) is 2.17. The summed E-state index contributed by atoms with van der Waals surface area (Å²) in [6.07, 6.45) is -3.88. The van der Waals surface area contributed by atoms with Gasteiger partial charge >= 0.3 is 6.18 Å². The van der Waals surface area contributed by atoms with Gasteiger partial charge in [-0.05, 0) is 25.7 Å². The van der Waals surface area contributed by atoms with E-state index in [4.69, 9.17) is 5.73 Å². The summed E-state index contributed by atoms with van der Waals surface area (Å²) in [4.78, 5) is 2.20. The summed E-state index contributed by atoms with van der Waals surface area (Å²) in [5.41, 5.74) is 5.88. The molecule has 2 nitrogen and oxygen atoms in total. The quantitative estimate of drug-likeness (QED) is 0.814. The van der Waals surface area contributed by atoms with Crippen molar-refractivity contribution in [3.8, 4) is 0 Å². The van der Waals surface area contributed by atoms with Gasteiger partial charge in [0.1, 0.15) is 0 Å². The second kappa shape index (κ2) is 5.36. The van der Waals surface area contributed by atoms with E-state index >= 15 is 0 Å². The molecule has 1 aliphatic rings. The summed E-state index contributed by atoms with van der Waals surface area (Å²) in [7, 11) is 0. The van der Waals surface area contributed by atoms with E-state index in [0.717, 1.165) is 13.1 Å². The fraction of sp³-hybridized carbons (Fsp3) is 1.00. The molecule has 0 amide bonds. The number of nitrogens with zero attached hydrogens (tertiary/aromatic N) is 1. The van der Waals surface area contributed by atoms with Crippen LogP contribution in [0.2, 0.25) is 0 Å². The summed E-state index contributed by atoms with van der Waals surface area (Å²) >= 11 is 0. The first-order valence-electron chi connectivity index (χ1n) is 5.86. The van der Waals surface area contributed by atoms with Crippen LogP contribution in [0.25, 0.3) is 0 Å². The molecule has 1 rings (SSSR count). The Morgan fingerprint density at radius 3 is 2.44 bits per heavy atom. The zero-order valence-electron chi connectivity index (χ0n) is 9.93. The smallest absolute Gasteiger partial charge is 0.326 e. The van der Waals surface area contributed by atoms with Gasteiger partial charge in [-0.2, -0.15) is 13.2 Å². The molecule has 1 aliphatic heterocycles. The van der Waals surface area contributed by atoms with Crippen LogP contribution < -0.4 is 5.73 Å². The van der Waals surface area contributed by atoms with Gasteiger partial charge in [-0.3, -0.25) is 4.90 Å². The molecule has 1 heterocycles. The molecule has 3 atom stereocenters. The first-order valence-corrected chi connectivity index (χ1v) is 5.86. The fourth-order valence-electron chi connectivity index (χ4n) is 2.17. The highest BCUT2D eigenvalue weighted by Crippen LogP contribution is 2.25. The molecule has 0 aromatic carbocycles. The molecule has 2 N–H and O–H groups in total. The van der Waals surface area contributed by atoms with Crippen LogP contribution in [0.15, 0.2) is 0 Å². The average molecular weight is 238 g/mol. The highest BCUT2D eigenvalue weighted by atomic mass is 19.4. The molecule has 96 valence electrons. The van der Waals surface area contributed by atoms with E-state index in [1.807, 2.05) is 6.92 Å². The molecule has 0 bridgehead atoms. The van der Waals surface area contributed by atoms with E-state index in [2.05, 4.69) is 11.8 Å². The average Bonchev–Trinajstić information content (AvgIpc) is 2.45. The SMILES string of the molecule is CC1CN(C(C)CCCC(F)(F)F)CC1N. The maximum absolute atomic E-state index is 12.0. The number of nitrogens with two attached hydrogens (primary N) is 1. The Morgan fingerprint density at radius 1 is 1.38 bits per heavy atom. The largest absolute Gasteiger partial charge is 0.389 e. The van der Waals surface area contributed by atoms with E-state index in [0.29, 0.717) is 12.3 Å². The monoisotopic (exact) mass is 238 g/mol. The van der Waals surface area contributed by atoms with Gasteiger partial charge in [0.05, 0.1) is 0 Å². The molecule has 16 heavy (non-hydrogen) atoms. The van der Waals surface area contributed by atoms with Gasteiger partial charge in [-0.1, -0.05) is 6.92 Å². The predicted octanol–water partition coefficient (Wildman–Crippen LogP) is 2.39. The highest BCUT2D eigenvalue weighted by molar-refractivity contribution is 4.86. The molecule has 3 unspecified atom stereocenters. The van der Waals surface area contributed by atoms with Crippen LogP contribution >= 0.6 is 0 Å². The maximum atomic E-state index is 12.0. The van der Waals surface area contributed by atoms with Crippen molar-refractivity contribution in [2.75, 3.05) is 13.1 Å². The second-order valence-corrected chi connectivity index (χ2v) is 4.95. The van der Waals surface area contributed by atoms with Crippen molar-refractivity contribution < 1.29 is 13.2 Å². The van der Waals surface area contributed by atoms with Crippen LogP contribution in [0, 0.1) is 5.92 Å². The second-order valence-electron chi connectivity index (χ2n) is 4.95. The molecule has 0 spiro atoms. The van der Waals surface area contributed by atoms with Gasteiger partial charge in [-0.15, -0.1) is 0 Å². The Morgan fingerprint density at radius 2 is 2.00 bits per heavy atom. The Bertz CT molecular complexity index is 208. The van der Waals surface area contributed by atoms with Gasteiger partial charge in [0.25, 0.3) is 0 Å². The third-order valence-electron chi connectivity index (χ3n) is 3.40. The number of hydrogen-bond donors (Lipinski definition) is 1. The highest BCUT2D eigenvalue weighted by Gasteiger charge is 2.30. The first-order chi connectivity index (χ1) is 7.29. The summed E-state index contributed by atoms with van der Waals surface area (Å²) in [6.45, 7) is 5.80. The van der Waals surface area contributed by atoms with E-state index < -0.39 is 12.6 Å². The lowest BCUT2D eigenvalue weighted by Crippen LogP contribution is -2.33. The van der Waals surface area contributed by atoms with Crippen molar-refractivity contribution in [2.24, 2.45) is 11.7 Å². The molecule has 0 radical (unpaired) electrons. The molecule has 0 saturated carbocycles. The van der Waals surface area contributed by atoms with E-state index in [1.165, 1.54) is 0 Å². The lowest BCUT2D eigenvalue weighted by Gasteiger charge is -2.24. The van der Waals surface area contributed by atoms with Gasteiger partial charge in [0.15, 0.2) is 0 Å². The molecule has 0 aromatic rings. The zero-order chi connectivity index (χ0) is 12.3. The van der Waals surface area contributed by atoms with Crippen molar-refractivity contribution in [2.45, 2.75) is 51.4 Å². The van der Waals surface area contributed by atoms with Crippen LogP contribution in [0.4, 0.5) is 13.2 Å². The van der Waals surface area contributed by atoms with Crippen LogP contribution in [0.5, 0.6) is 0 Å². The van der Waals surface area contributed by atoms with Crippen LogP contribution in [-0.4, -0.2) is 36.2 Å². The minimum absolute atomic E-state index is 0.171. The Kier molecular flexibility index (Phi) is 4.62. The van der Waals surface area contributed by atoms with Crippen LogP contribution in [0.1, 0.15) is 33.1 Å². The molecular weight excluding hydrogens is 217 g/mol. The Hall–Kier alpha value is -0.290. The molecule has 0 aliphatic carbocycles. The summed E-state index contributed by atoms with van der Waals surface area (Å²) in [6, 6.07) is 0.378. The van der Waals surface area contributed by atoms with Gasteiger partial charge in [0.2, 0.25) is 0 Å². The molecule has 5 heteroatoms. The number of alkyl halides is 3. The van der Waals surface area contributed by atoms with Crippen molar-refractivity contribution in [1.29, 1.82) is 0 Å².